The number of benzene rings is 2. The Labute approximate surface area is 166 Å². The van der Waals surface area contributed by atoms with Crippen LogP contribution in [-0.4, -0.2) is 47.0 Å². The topological polar surface area (TPSA) is 49.3 Å². The molecular weight excluding hydrogens is 404 g/mol. The smallest absolute Gasteiger partial charge is 0.253 e. The molecular formula is C21H19BrN4O. The molecule has 1 fully saturated rings. The Bertz CT molecular complexity index is 922. The first-order valence-corrected chi connectivity index (χ1v) is 9.68. The monoisotopic (exact) mass is 422 g/mol. The summed E-state index contributed by atoms with van der Waals surface area (Å²) in [5.74, 6) is 1.70. The van der Waals surface area contributed by atoms with Gasteiger partial charge < -0.3 is 9.80 Å². The summed E-state index contributed by atoms with van der Waals surface area (Å²) in [5, 5.41) is 0. The summed E-state index contributed by atoms with van der Waals surface area (Å²) < 4.78 is 0.974. The number of aromatic nitrogens is 2. The third-order valence-corrected chi connectivity index (χ3v) is 5.18. The van der Waals surface area contributed by atoms with E-state index >= 15 is 0 Å². The molecule has 1 saturated heterocycles. The Morgan fingerprint density at radius 1 is 0.889 bits per heavy atom. The zero-order valence-electron chi connectivity index (χ0n) is 14.8. The SMILES string of the molecule is O=C(c1ccc(Br)cc1)N1CCN(c2ccnc(-c3ccccc3)n2)CC1. The van der Waals surface area contributed by atoms with Gasteiger partial charge in [-0.3, -0.25) is 4.79 Å². The van der Waals surface area contributed by atoms with Crippen molar-refractivity contribution in [2.75, 3.05) is 31.1 Å². The Morgan fingerprint density at radius 3 is 2.30 bits per heavy atom. The van der Waals surface area contributed by atoms with Crippen LogP contribution in [0.3, 0.4) is 0 Å². The predicted molar refractivity (Wildman–Crippen MR) is 110 cm³/mol. The number of rotatable bonds is 3. The van der Waals surface area contributed by atoms with E-state index in [2.05, 4.69) is 25.8 Å². The summed E-state index contributed by atoms with van der Waals surface area (Å²) >= 11 is 3.40. The number of amides is 1. The van der Waals surface area contributed by atoms with Crippen molar-refractivity contribution in [2.24, 2.45) is 0 Å². The van der Waals surface area contributed by atoms with Crippen molar-refractivity contribution in [1.82, 2.24) is 14.9 Å². The molecule has 0 N–H and O–H groups in total. The van der Waals surface area contributed by atoms with Crippen LogP contribution in [0.2, 0.25) is 0 Å². The molecule has 1 aliphatic rings. The van der Waals surface area contributed by atoms with Crippen LogP contribution in [0.4, 0.5) is 5.82 Å². The summed E-state index contributed by atoms with van der Waals surface area (Å²) in [7, 11) is 0. The molecule has 1 aliphatic heterocycles. The molecule has 1 aromatic heterocycles. The molecule has 0 aliphatic carbocycles. The molecule has 0 radical (unpaired) electrons. The number of hydrogen-bond acceptors (Lipinski definition) is 4. The average molecular weight is 423 g/mol. The van der Waals surface area contributed by atoms with Crippen LogP contribution >= 0.6 is 15.9 Å². The second-order valence-electron chi connectivity index (χ2n) is 6.39. The first-order chi connectivity index (χ1) is 13.2. The van der Waals surface area contributed by atoms with Crippen molar-refractivity contribution in [3.63, 3.8) is 0 Å². The van der Waals surface area contributed by atoms with E-state index in [1.165, 1.54) is 0 Å². The molecule has 0 bridgehead atoms. The van der Waals surface area contributed by atoms with Gasteiger partial charge in [0.15, 0.2) is 5.82 Å². The molecule has 0 spiro atoms. The summed E-state index contributed by atoms with van der Waals surface area (Å²) in [6.45, 7) is 2.88. The number of carbonyl (C=O) groups is 1. The second-order valence-corrected chi connectivity index (χ2v) is 7.31. The van der Waals surface area contributed by atoms with Crippen molar-refractivity contribution in [2.45, 2.75) is 0 Å². The first kappa shape index (κ1) is 17.7. The lowest BCUT2D eigenvalue weighted by Gasteiger charge is -2.35. The third kappa shape index (κ3) is 4.01. The third-order valence-electron chi connectivity index (χ3n) is 4.65. The van der Waals surface area contributed by atoms with Crippen molar-refractivity contribution in [3.05, 3.63) is 76.9 Å². The first-order valence-electron chi connectivity index (χ1n) is 8.89. The van der Waals surface area contributed by atoms with E-state index in [0.717, 1.165) is 40.3 Å². The lowest BCUT2D eigenvalue weighted by atomic mass is 10.2. The molecule has 6 heteroatoms. The van der Waals surface area contributed by atoms with Gasteiger partial charge >= 0.3 is 0 Å². The molecule has 0 unspecified atom stereocenters. The maximum absolute atomic E-state index is 12.7. The average Bonchev–Trinajstić information content (AvgIpc) is 2.75. The van der Waals surface area contributed by atoms with Gasteiger partial charge in [0.25, 0.3) is 5.91 Å². The minimum absolute atomic E-state index is 0.0785. The molecule has 5 nitrogen and oxygen atoms in total. The number of carbonyl (C=O) groups excluding carboxylic acids is 1. The van der Waals surface area contributed by atoms with Crippen LogP contribution in [0.25, 0.3) is 11.4 Å². The molecule has 27 heavy (non-hydrogen) atoms. The van der Waals surface area contributed by atoms with E-state index in [1.807, 2.05) is 65.6 Å². The van der Waals surface area contributed by atoms with Gasteiger partial charge in [0.1, 0.15) is 5.82 Å². The fourth-order valence-electron chi connectivity index (χ4n) is 3.17. The van der Waals surface area contributed by atoms with Crippen LogP contribution in [0, 0.1) is 0 Å². The van der Waals surface area contributed by atoms with Crippen LogP contribution in [0.1, 0.15) is 10.4 Å². The van der Waals surface area contributed by atoms with Gasteiger partial charge in [0.05, 0.1) is 0 Å². The van der Waals surface area contributed by atoms with Crippen molar-refractivity contribution >= 4 is 27.7 Å². The molecule has 2 aromatic carbocycles. The number of hydrogen-bond donors (Lipinski definition) is 0. The number of piperazine rings is 1. The Balaban J connectivity index is 1.43. The largest absolute Gasteiger partial charge is 0.353 e. The van der Waals surface area contributed by atoms with Gasteiger partial charge in [-0.1, -0.05) is 46.3 Å². The number of anilines is 1. The quantitative estimate of drug-likeness (QED) is 0.642. The summed E-state index contributed by atoms with van der Waals surface area (Å²) in [6, 6.07) is 19.4. The highest BCUT2D eigenvalue weighted by atomic mass is 79.9. The van der Waals surface area contributed by atoms with E-state index < -0.39 is 0 Å². The fourth-order valence-corrected chi connectivity index (χ4v) is 3.43. The molecule has 1 amide bonds. The number of halogens is 1. The van der Waals surface area contributed by atoms with E-state index in [9.17, 15) is 4.79 Å². The highest BCUT2D eigenvalue weighted by Crippen LogP contribution is 2.20. The normalized spacial score (nSPS) is 14.3. The molecule has 136 valence electrons. The highest BCUT2D eigenvalue weighted by Gasteiger charge is 2.23. The molecule has 0 atom stereocenters. The predicted octanol–water partition coefficient (Wildman–Crippen LogP) is 3.87. The molecule has 0 saturated carbocycles. The standard InChI is InChI=1S/C21H19BrN4O/c22-18-8-6-17(7-9-18)21(27)26-14-12-25(13-15-26)19-10-11-23-20(24-19)16-4-2-1-3-5-16/h1-11H,12-15H2. The maximum atomic E-state index is 12.7. The lowest BCUT2D eigenvalue weighted by molar-refractivity contribution is 0.0746. The Kier molecular flexibility index (Phi) is 5.16. The van der Waals surface area contributed by atoms with Crippen LogP contribution in [-0.2, 0) is 0 Å². The van der Waals surface area contributed by atoms with Gasteiger partial charge in [0.2, 0.25) is 0 Å². The maximum Gasteiger partial charge on any atom is 0.253 e. The Hall–Kier alpha value is -2.73. The van der Waals surface area contributed by atoms with Gasteiger partial charge in [-0.25, -0.2) is 9.97 Å². The van der Waals surface area contributed by atoms with Gasteiger partial charge in [-0.2, -0.15) is 0 Å². The van der Waals surface area contributed by atoms with E-state index in [-0.39, 0.29) is 5.91 Å². The van der Waals surface area contributed by atoms with Gasteiger partial charge in [-0.15, -0.1) is 0 Å². The van der Waals surface area contributed by atoms with E-state index in [0.29, 0.717) is 13.1 Å². The van der Waals surface area contributed by atoms with Crippen LogP contribution < -0.4 is 4.90 Å². The summed E-state index contributed by atoms with van der Waals surface area (Å²) in [4.78, 5) is 25.9. The second kappa shape index (κ2) is 7.88. The Morgan fingerprint density at radius 2 is 1.59 bits per heavy atom. The lowest BCUT2D eigenvalue weighted by Crippen LogP contribution is -2.49. The van der Waals surface area contributed by atoms with Gasteiger partial charge in [0, 0.05) is 48.0 Å². The van der Waals surface area contributed by atoms with E-state index in [1.54, 1.807) is 6.20 Å². The van der Waals surface area contributed by atoms with Crippen molar-refractivity contribution in [1.29, 1.82) is 0 Å². The molecule has 3 aromatic rings. The van der Waals surface area contributed by atoms with Crippen LogP contribution in [0.5, 0.6) is 0 Å². The zero-order valence-corrected chi connectivity index (χ0v) is 16.3. The molecule has 4 rings (SSSR count). The summed E-state index contributed by atoms with van der Waals surface area (Å²) in [5.41, 5.74) is 1.73. The van der Waals surface area contributed by atoms with Crippen LogP contribution in [0.15, 0.2) is 71.3 Å². The minimum Gasteiger partial charge on any atom is -0.353 e. The minimum atomic E-state index is 0.0785. The van der Waals surface area contributed by atoms with Crippen molar-refractivity contribution < 1.29 is 4.79 Å². The van der Waals surface area contributed by atoms with E-state index in [4.69, 9.17) is 4.98 Å². The van der Waals surface area contributed by atoms with Gasteiger partial charge in [-0.05, 0) is 30.3 Å². The van der Waals surface area contributed by atoms with Crippen molar-refractivity contribution in [3.8, 4) is 11.4 Å². The highest BCUT2D eigenvalue weighted by molar-refractivity contribution is 9.10. The zero-order chi connectivity index (χ0) is 18.6. The summed E-state index contributed by atoms with van der Waals surface area (Å²) in [6.07, 6.45) is 1.80. The molecule has 2 heterocycles. The fraction of sp³-hybridized carbons (Fsp3) is 0.190. The number of nitrogens with zero attached hydrogens (tertiary/aromatic N) is 4.